The predicted octanol–water partition coefficient (Wildman–Crippen LogP) is 4.10. The van der Waals surface area contributed by atoms with E-state index < -0.39 is 16.4 Å². The summed E-state index contributed by atoms with van der Waals surface area (Å²) in [5.41, 5.74) is 0.254. The molecule has 2 rings (SSSR count). The van der Waals surface area contributed by atoms with E-state index in [1.54, 1.807) is 13.8 Å². The smallest absolute Gasteiger partial charge is 0.308 e. The van der Waals surface area contributed by atoms with Crippen LogP contribution in [0.3, 0.4) is 0 Å². The molecule has 0 saturated heterocycles. The third-order valence-electron chi connectivity index (χ3n) is 2.81. The number of nitrogens with zero attached hydrogens (tertiary/aromatic N) is 1. The van der Waals surface area contributed by atoms with Gasteiger partial charge in [-0.05, 0) is 19.4 Å². The molecule has 0 radical (unpaired) electrons. The quantitative estimate of drug-likeness (QED) is 0.595. The van der Waals surface area contributed by atoms with Gasteiger partial charge in [-0.1, -0.05) is 30.3 Å². The van der Waals surface area contributed by atoms with Crippen LogP contribution in [-0.4, -0.2) is 11.0 Å². The molecule has 0 saturated carbocycles. The summed E-state index contributed by atoms with van der Waals surface area (Å²) >= 11 is 0. The first-order valence-electron chi connectivity index (χ1n) is 6.78. The van der Waals surface area contributed by atoms with E-state index in [4.69, 9.17) is 9.47 Å². The Kier molecular flexibility index (Phi) is 4.93. The van der Waals surface area contributed by atoms with Crippen LogP contribution in [0.15, 0.2) is 42.5 Å². The second-order valence-electron chi connectivity index (χ2n) is 4.95. The Morgan fingerprint density at radius 2 is 1.86 bits per heavy atom. The van der Waals surface area contributed by atoms with Crippen LogP contribution in [0.25, 0.3) is 0 Å². The number of benzene rings is 2. The molecule has 2 aromatic carbocycles. The third kappa shape index (κ3) is 3.94. The average Bonchev–Trinajstić information content (AvgIpc) is 2.46. The van der Waals surface area contributed by atoms with Gasteiger partial charge >= 0.3 is 5.69 Å². The van der Waals surface area contributed by atoms with E-state index in [0.29, 0.717) is 0 Å². The topological polar surface area (TPSA) is 61.6 Å². The minimum Gasteiger partial charge on any atom is -0.487 e. The summed E-state index contributed by atoms with van der Waals surface area (Å²) in [6.07, 6.45) is -0.208. The van der Waals surface area contributed by atoms with Gasteiger partial charge in [-0.2, -0.15) is 4.39 Å². The molecule has 0 aliphatic carbocycles. The molecule has 0 spiro atoms. The first-order valence-corrected chi connectivity index (χ1v) is 6.78. The molecule has 2 aromatic rings. The van der Waals surface area contributed by atoms with Crippen LogP contribution in [0, 0.1) is 15.9 Å². The molecule has 22 heavy (non-hydrogen) atoms. The second kappa shape index (κ2) is 6.89. The van der Waals surface area contributed by atoms with Gasteiger partial charge in [-0.3, -0.25) is 10.1 Å². The van der Waals surface area contributed by atoms with Gasteiger partial charge in [0.15, 0.2) is 11.5 Å². The highest BCUT2D eigenvalue weighted by atomic mass is 19.1. The SMILES string of the molecule is CC(C)Oc1cc(F)c([N+](=O)[O-])cc1OCc1ccccc1. The van der Waals surface area contributed by atoms with Crippen molar-refractivity contribution in [2.75, 3.05) is 0 Å². The van der Waals surface area contributed by atoms with Gasteiger partial charge in [0.1, 0.15) is 6.61 Å². The summed E-state index contributed by atoms with van der Waals surface area (Å²) in [4.78, 5) is 10.1. The molecular formula is C16H16FNO4. The van der Waals surface area contributed by atoms with Gasteiger partial charge in [0.05, 0.1) is 17.1 Å². The van der Waals surface area contributed by atoms with Crippen LogP contribution in [0.2, 0.25) is 0 Å². The molecule has 0 bridgehead atoms. The van der Waals surface area contributed by atoms with E-state index in [-0.39, 0.29) is 24.2 Å². The molecule has 116 valence electrons. The van der Waals surface area contributed by atoms with Crippen molar-refractivity contribution in [3.8, 4) is 11.5 Å². The summed E-state index contributed by atoms with van der Waals surface area (Å²) < 4.78 is 24.8. The fourth-order valence-corrected chi connectivity index (χ4v) is 1.86. The number of hydrogen-bond acceptors (Lipinski definition) is 4. The molecular weight excluding hydrogens is 289 g/mol. The van der Waals surface area contributed by atoms with Crippen molar-refractivity contribution in [2.24, 2.45) is 0 Å². The number of halogens is 1. The van der Waals surface area contributed by atoms with Crippen LogP contribution >= 0.6 is 0 Å². The summed E-state index contributed by atoms with van der Waals surface area (Å²) in [5, 5.41) is 10.9. The zero-order chi connectivity index (χ0) is 16.1. The first-order chi connectivity index (χ1) is 10.5. The lowest BCUT2D eigenvalue weighted by molar-refractivity contribution is -0.387. The van der Waals surface area contributed by atoms with Crippen LogP contribution in [-0.2, 0) is 6.61 Å². The van der Waals surface area contributed by atoms with E-state index in [0.717, 1.165) is 17.7 Å². The number of hydrogen-bond donors (Lipinski definition) is 0. The zero-order valence-electron chi connectivity index (χ0n) is 12.3. The predicted molar refractivity (Wildman–Crippen MR) is 79.6 cm³/mol. The average molecular weight is 305 g/mol. The highest BCUT2D eigenvalue weighted by molar-refractivity contribution is 5.49. The molecule has 5 nitrogen and oxygen atoms in total. The second-order valence-corrected chi connectivity index (χ2v) is 4.95. The van der Waals surface area contributed by atoms with Crippen LogP contribution < -0.4 is 9.47 Å². The van der Waals surface area contributed by atoms with Gasteiger partial charge < -0.3 is 9.47 Å². The number of nitro groups is 1. The standard InChI is InChI=1S/C16H16FNO4/c1-11(2)22-16-8-13(17)14(18(19)20)9-15(16)21-10-12-6-4-3-5-7-12/h3-9,11H,10H2,1-2H3. The van der Waals surface area contributed by atoms with E-state index in [2.05, 4.69) is 0 Å². The number of nitro benzene ring substituents is 1. The molecule has 6 heteroatoms. The Labute approximate surface area is 127 Å². The summed E-state index contributed by atoms with van der Waals surface area (Å²) in [7, 11) is 0. The Balaban J connectivity index is 2.29. The summed E-state index contributed by atoms with van der Waals surface area (Å²) in [6.45, 7) is 3.76. The number of ether oxygens (including phenoxy) is 2. The van der Waals surface area contributed by atoms with Crippen LogP contribution in [0.4, 0.5) is 10.1 Å². The molecule has 0 heterocycles. The summed E-state index contributed by atoms with van der Waals surface area (Å²) in [6, 6.07) is 11.4. The maximum absolute atomic E-state index is 13.7. The molecule has 0 amide bonds. The molecule has 0 atom stereocenters. The largest absolute Gasteiger partial charge is 0.487 e. The van der Waals surface area contributed by atoms with Crippen molar-refractivity contribution in [3.05, 3.63) is 64.0 Å². The zero-order valence-corrected chi connectivity index (χ0v) is 12.3. The van der Waals surface area contributed by atoms with Gasteiger partial charge in [0.2, 0.25) is 5.82 Å². The van der Waals surface area contributed by atoms with Gasteiger partial charge in [0, 0.05) is 6.07 Å². The van der Waals surface area contributed by atoms with E-state index in [9.17, 15) is 14.5 Å². The lowest BCUT2D eigenvalue weighted by atomic mass is 10.2. The van der Waals surface area contributed by atoms with Gasteiger partial charge in [-0.15, -0.1) is 0 Å². The Hall–Kier alpha value is -2.63. The van der Waals surface area contributed by atoms with E-state index >= 15 is 0 Å². The highest BCUT2D eigenvalue weighted by Crippen LogP contribution is 2.35. The lowest BCUT2D eigenvalue weighted by Crippen LogP contribution is -2.08. The minimum absolute atomic E-state index is 0.144. The molecule has 0 aliphatic heterocycles. The minimum atomic E-state index is -0.951. The fraction of sp³-hybridized carbons (Fsp3) is 0.250. The molecule has 0 unspecified atom stereocenters. The maximum atomic E-state index is 13.7. The van der Waals surface area contributed by atoms with Crippen LogP contribution in [0.5, 0.6) is 11.5 Å². The number of rotatable bonds is 6. The highest BCUT2D eigenvalue weighted by Gasteiger charge is 2.20. The van der Waals surface area contributed by atoms with Crippen LogP contribution in [0.1, 0.15) is 19.4 Å². The summed E-state index contributed by atoms with van der Waals surface area (Å²) in [5.74, 6) is -0.660. The molecule has 0 aliphatic rings. The van der Waals surface area contributed by atoms with Crippen molar-refractivity contribution in [1.29, 1.82) is 0 Å². The Morgan fingerprint density at radius 1 is 1.18 bits per heavy atom. The van der Waals surface area contributed by atoms with Gasteiger partial charge in [-0.25, -0.2) is 0 Å². The fourth-order valence-electron chi connectivity index (χ4n) is 1.86. The normalized spacial score (nSPS) is 10.5. The molecule has 0 aromatic heterocycles. The molecule has 0 fully saturated rings. The van der Waals surface area contributed by atoms with E-state index in [1.807, 2.05) is 30.3 Å². The van der Waals surface area contributed by atoms with Crippen molar-refractivity contribution < 1.29 is 18.8 Å². The molecule has 0 N–H and O–H groups in total. The Morgan fingerprint density at radius 3 is 2.45 bits per heavy atom. The van der Waals surface area contributed by atoms with Crippen molar-refractivity contribution in [3.63, 3.8) is 0 Å². The lowest BCUT2D eigenvalue weighted by Gasteiger charge is -2.15. The monoisotopic (exact) mass is 305 g/mol. The first kappa shape index (κ1) is 15.8. The van der Waals surface area contributed by atoms with Crippen molar-refractivity contribution in [2.45, 2.75) is 26.6 Å². The Bertz CT molecular complexity index is 659. The third-order valence-corrected chi connectivity index (χ3v) is 2.81. The maximum Gasteiger partial charge on any atom is 0.308 e. The van der Waals surface area contributed by atoms with E-state index in [1.165, 1.54) is 0 Å². The van der Waals surface area contributed by atoms with Gasteiger partial charge in [0.25, 0.3) is 0 Å². The van der Waals surface area contributed by atoms with Crippen molar-refractivity contribution in [1.82, 2.24) is 0 Å². The van der Waals surface area contributed by atoms with Crippen molar-refractivity contribution >= 4 is 5.69 Å².